The van der Waals surface area contributed by atoms with E-state index in [2.05, 4.69) is 9.72 Å². The molecule has 1 rings (SSSR count). The largest absolute Gasteiger partial charge is 0.462 e. The third-order valence-corrected chi connectivity index (χ3v) is 2.65. The van der Waals surface area contributed by atoms with E-state index in [1.807, 2.05) is 0 Å². The lowest BCUT2D eigenvalue weighted by atomic mass is 10.2. The van der Waals surface area contributed by atoms with Crippen molar-refractivity contribution in [2.75, 3.05) is 18.9 Å². The number of thiazole rings is 1. The standard InChI is InChI=1S/C10H12N2O5S/c1-3-16-8(14)6(13)5-7(9(15)17-4-2)18-10(11)12-5/h3-4H2,1-2H3,(H2,11,12). The molecule has 0 spiro atoms. The van der Waals surface area contributed by atoms with Gasteiger partial charge in [-0.3, -0.25) is 4.79 Å². The Kier molecular flexibility index (Phi) is 4.78. The van der Waals surface area contributed by atoms with E-state index >= 15 is 0 Å². The maximum atomic E-state index is 11.7. The predicted octanol–water partition coefficient (Wildman–Crippen LogP) is 0.648. The van der Waals surface area contributed by atoms with Crippen LogP contribution in [-0.2, 0) is 14.3 Å². The van der Waals surface area contributed by atoms with Crippen molar-refractivity contribution >= 4 is 34.2 Å². The van der Waals surface area contributed by atoms with Crippen LogP contribution < -0.4 is 5.73 Å². The van der Waals surface area contributed by atoms with E-state index in [0.29, 0.717) is 0 Å². The van der Waals surface area contributed by atoms with Crippen LogP contribution in [0.1, 0.15) is 34.0 Å². The van der Waals surface area contributed by atoms with Gasteiger partial charge in [0.05, 0.1) is 13.2 Å². The number of hydrogen-bond acceptors (Lipinski definition) is 8. The zero-order valence-electron chi connectivity index (χ0n) is 9.89. The number of esters is 2. The molecule has 7 nitrogen and oxygen atoms in total. The molecule has 0 radical (unpaired) electrons. The fourth-order valence-electron chi connectivity index (χ4n) is 1.12. The summed E-state index contributed by atoms with van der Waals surface area (Å²) in [5.41, 5.74) is 5.10. The van der Waals surface area contributed by atoms with E-state index in [-0.39, 0.29) is 28.9 Å². The molecule has 0 bridgehead atoms. The molecule has 0 unspecified atom stereocenters. The molecular weight excluding hydrogens is 260 g/mol. The van der Waals surface area contributed by atoms with Crippen LogP contribution in [0.25, 0.3) is 0 Å². The van der Waals surface area contributed by atoms with Gasteiger partial charge in [-0.05, 0) is 13.8 Å². The maximum absolute atomic E-state index is 11.7. The summed E-state index contributed by atoms with van der Waals surface area (Å²) in [5, 5.41) is 0.00528. The van der Waals surface area contributed by atoms with Gasteiger partial charge in [0.15, 0.2) is 5.13 Å². The summed E-state index contributed by atoms with van der Waals surface area (Å²) in [6, 6.07) is 0. The smallest absolute Gasteiger partial charge is 0.381 e. The molecule has 2 N–H and O–H groups in total. The van der Waals surface area contributed by atoms with Gasteiger partial charge in [0.1, 0.15) is 10.6 Å². The topological polar surface area (TPSA) is 109 Å². The monoisotopic (exact) mass is 272 g/mol. The van der Waals surface area contributed by atoms with Crippen LogP contribution in [0.4, 0.5) is 5.13 Å². The highest BCUT2D eigenvalue weighted by molar-refractivity contribution is 7.17. The van der Waals surface area contributed by atoms with Gasteiger partial charge < -0.3 is 15.2 Å². The zero-order valence-corrected chi connectivity index (χ0v) is 10.7. The van der Waals surface area contributed by atoms with Crippen LogP contribution in [0.2, 0.25) is 0 Å². The van der Waals surface area contributed by atoms with E-state index in [4.69, 9.17) is 10.5 Å². The summed E-state index contributed by atoms with van der Waals surface area (Å²) in [7, 11) is 0. The molecule has 1 heterocycles. The highest BCUT2D eigenvalue weighted by Crippen LogP contribution is 2.22. The van der Waals surface area contributed by atoms with Crippen LogP contribution in [0.15, 0.2) is 0 Å². The van der Waals surface area contributed by atoms with Gasteiger partial charge in [0, 0.05) is 0 Å². The number of nitrogens with zero attached hydrogens (tertiary/aromatic N) is 1. The number of anilines is 1. The van der Waals surface area contributed by atoms with Gasteiger partial charge in [-0.1, -0.05) is 11.3 Å². The number of ether oxygens (including phenoxy) is 2. The Balaban J connectivity index is 3.05. The summed E-state index contributed by atoms with van der Waals surface area (Å²) in [4.78, 5) is 38.1. The number of carbonyl (C=O) groups is 3. The van der Waals surface area contributed by atoms with Gasteiger partial charge in [0.25, 0.3) is 5.78 Å². The number of rotatable bonds is 5. The molecule has 0 saturated carbocycles. The summed E-state index contributed by atoms with van der Waals surface area (Å²) in [6.07, 6.45) is 0. The first kappa shape index (κ1) is 14.1. The summed E-state index contributed by atoms with van der Waals surface area (Å²) >= 11 is 0.790. The molecule has 98 valence electrons. The van der Waals surface area contributed by atoms with Crippen molar-refractivity contribution in [2.24, 2.45) is 0 Å². The van der Waals surface area contributed by atoms with Crippen molar-refractivity contribution in [1.82, 2.24) is 4.98 Å². The van der Waals surface area contributed by atoms with E-state index in [1.165, 1.54) is 0 Å². The van der Waals surface area contributed by atoms with Gasteiger partial charge in [-0.2, -0.15) is 0 Å². The second-order valence-corrected chi connectivity index (χ2v) is 4.03. The van der Waals surface area contributed by atoms with Crippen molar-refractivity contribution in [3.8, 4) is 0 Å². The number of nitrogen functional groups attached to an aromatic ring is 1. The lowest BCUT2D eigenvalue weighted by molar-refractivity contribution is -0.137. The highest BCUT2D eigenvalue weighted by atomic mass is 32.1. The molecule has 0 amide bonds. The Bertz CT molecular complexity index is 483. The molecule has 1 aromatic heterocycles. The third kappa shape index (κ3) is 3.04. The minimum atomic E-state index is -1.08. The van der Waals surface area contributed by atoms with Crippen molar-refractivity contribution < 1.29 is 23.9 Å². The van der Waals surface area contributed by atoms with Gasteiger partial charge in [0.2, 0.25) is 0 Å². The average molecular weight is 272 g/mol. The van der Waals surface area contributed by atoms with E-state index in [1.54, 1.807) is 13.8 Å². The molecule has 0 aliphatic carbocycles. The Morgan fingerprint density at radius 2 is 1.83 bits per heavy atom. The number of hydrogen-bond donors (Lipinski definition) is 1. The zero-order chi connectivity index (χ0) is 13.7. The van der Waals surface area contributed by atoms with Crippen molar-refractivity contribution in [1.29, 1.82) is 0 Å². The lowest BCUT2D eigenvalue weighted by Gasteiger charge is -2.01. The van der Waals surface area contributed by atoms with Gasteiger partial charge in [-0.15, -0.1) is 0 Å². The van der Waals surface area contributed by atoms with E-state index in [9.17, 15) is 14.4 Å². The molecule has 1 aromatic rings. The average Bonchev–Trinajstić information content (AvgIpc) is 2.71. The molecule has 0 fully saturated rings. The molecule has 8 heteroatoms. The Labute approximate surface area is 107 Å². The van der Waals surface area contributed by atoms with Crippen molar-refractivity contribution in [3.63, 3.8) is 0 Å². The number of carbonyl (C=O) groups excluding carboxylic acids is 3. The van der Waals surface area contributed by atoms with Gasteiger partial charge >= 0.3 is 11.9 Å². The van der Waals surface area contributed by atoms with Crippen LogP contribution in [-0.4, -0.2) is 35.9 Å². The minimum absolute atomic E-state index is 0.00528. The quantitative estimate of drug-likeness (QED) is 0.476. The highest BCUT2D eigenvalue weighted by Gasteiger charge is 2.29. The minimum Gasteiger partial charge on any atom is -0.462 e. The summed E-state index contributed by atoms with van der Waals surface area (Å²) < 4.78 is 9.29. The fraction of sp³-hybridized carbons (Fsp3) is 0.400. The molecule has 18 heavy (non-hydrogen) atoms. The number of Topliss-reactive ketones (excluding diaryl/α,β-unsaturated/α-hetero) is 1. The first-order valence-corrected chi connectivity index (χ1v) is 5.97. The normalized spacial score (nSPS) is 9.89. The molecule has 0 aliphatic rings. The van der Waals surface area contributed by atoms with Crippen LogP contribution in [0, 0.1) is 0 Å². The Hall–Kier alpha value is -1.96. The fourth-order valence-corrected chi connectivity index (χ4v) is 1.84. The van der Waals surface area contributed by atoms with E-state index in [0.717, 1.165) is 11.3 Å². The van der Waals surface area contributed by atoms with Crippen LogP contribution >= 0.6 is 11.3 Å². The molecular formula is C10H12N2O5S. The van der Waals surface area contributed by atoms with Crippen molar-refractivity contribution in [2.45, 2.75) is 13.8 Å². The predicted molar refractivity (Wildman–Crippen MR) is 63.4 cm³/mol. The summed E-state index contributed by atoms with van der Waals surface area (Å²) in [6.45, 7) is 3.38. The Morgan fingerprint density at radius 3 is 2.39 bits per heavy atom. The first-order valence-electron chi connectivity index (χ1n) is 5.16. The first-order chi connectivity index (χ1) is 8.51. The Morgan fingerprint density at radius 1 is 1.22 bits per heavy atom. The number of ketones is 1. The van der Waals surface area contributed by atoms with Crippen molar-refractivity contribution in [3.05, 3.63) is 10.6 Å². The maximum Gasteiger partial charge on any atom is 0.381 e. The molecule has 0 saturated heterocycles. The van der Waals surface area contributed by atoms with E-state index < -0.39 is 17.7 Å². The lowest BCUT2D eigenvalue weighted by Crippen LogP contribution is -2.20. The molecule has 0 aliphatic heterocycles. The molecule has 0 aromatic carbocycles. The number of nitrogens with two attached hydrogens (primary N) is 1. The number of aromatic nitrogens is 1. The SMILES string of the molecule is CCOC(=O)C(=O)c1nc(N)sc1C(=O)OCC. The van der Waals surface area contributed by atoms with Crippen LogP contribution in [0.5, 0.6) is 0 Å². The van der Waals surface area contributed by atoms with Crippen LogP contribution in [0.3, 0.4) is 0 Å². The third-order valence-electron chi connectivity index (χ3n) is 1.78. The second kappa shape index (κ2) is 6.10. The second-order valence-electron chi connectivity index (χ2n) is 3.00. The summed E-state index contributed by atoms with van der Waals surface area (Å²) in [5.74, 6) is -2.82. The van der Waals surface area contributed by atoms with Gasteiger partial charge in [-0.25, -0.2) is 14.6 Å². The molecule has 0 atom stereocenters.